The van der Waals surface area contributed by atoms with Crippen molar-refractivity contribution in [3.8, 4) is 5.75 Å². The van der Waals surface area contributed by atoms with E-state index in [1.54, 1.807) is 7.05 Å². The van der Waals surface area contributed by atoms with Crippen molar-refractivity contribution < 1.29 is 14.2 Å². The quantitative estimate of drug-likeness (QED) is 0.333. The van der Waals surface area contributed by atoms with Crippen LogP contribution in [0.1, 0.15) is 38.2 Å². The highest BCUT2D eigenvalue weighted by Crippen LogP contribution is 2.13. The first kappa shape index (κ1) is 21.5. The zero-order valence-corrected chi connectivity index (χ0v) is 16.8. The summed E-state index contributed by atoms with van der Waals surface area (Å²) >= 11 is 0. The summed E-state index contributed by atoms with van der Waals surface area (Å²) < 4.78 is 16.8. The fourth-order valence-corrected chi connectivity index (χ4v) is 2.81. The number of nitrogens with zero attached hydrogens (tertiary/aromatic N) is 1. The molecule has 27 heavy (non-hydrogen) atoms. The zero-order valence-electron chi connectivity index (χ0n) is 16.8. The maximum Gasteiger partial charge on any atom is 0.190 e. The standard InChI is InChI=1S/C21H35N3O3/c1-3-4-14-26-19-8-6-18(7-9-19)10-13-24-21(22-2)23-12-5-15-27-20-11-16-25-17-20/h6-9,20H,3-5,10-17H2,1-2H3,(H2,22,23,24). The van der Waals surface area contributed by atoms with Gasteiger partial charge in [0.05, 0.1) is 19.3 Å². The van der Waals surface area contributed by atoms with Gasteiger partial charge in [-0.05, 0) is 43.4 Å². The monoisotopic (exact) mass is 377 g/mol. The first-order chi connectivity index (χ1) is 13.3. The normalized spacial score (nSPS) is 17.1. The van der Waals surface area contributed by atoms with E-state index in [4.69, 9.17) is 14.2 Å². The Kier molecular flexibility index (Phi) is 10.7. The summed E-state index contributed by atoms with van der Waals surface area (Å²) in [5.74, 6) is 1.78. The van der Waals surface area contributed by atoms with Gasteiger partial charge in [0.1, 0.15) is 5.75 Å². The molecular formula is C21H35N3O3. The third-order valence-corrected chi connectivity index (χ3v) is 4.47. The van der Waals surface area contributed by atoms with Crippen molar-refractivity contribution in [3.05, 3.63) is 29.8 Å². The van der Waals surface area contributed by atoms with Gasteiger partial charge in [-0.25, -0.2) is 0 Å². The number of hydrogen-bond donors (Lipinski definition) is 2. The number of unbranched alkanes of at least 4 members (excludes halogenated alkanes) is 1. The molecule has 1 atom stereocenters. The van der Waals surface area contributed by atoms with Gasteiger partial charge in [-0.2, -0.15) is 0 Å². The molecule has 0 aromatic heterocycles. The van der Waals surface area contributed by atoms with Crippen molar-refractivity contribution in [3.63, 3.8) is 0 Å². The minimum absolute atomic E-state index is 0.283. The topological polar surface area (TPSA) is 64.1 Å². The second-order valence-corrected chi connectivity index (χ2v) is 6.73. The van der Waals surface area contributed by atoms with Crippen LogP contribution in [0.15, 0.2) is 29.3 Å². The molecule has 0 saturated carbocycles. The summed E-state index contributed by atoms with van der Waals surface area (Å²) in [6.45, 7) is 6.96. The molecule has 1 aliphatic heterocycles. The predicted octanol–water partition coefficient (Wildman–Crippen LogP) is 2.77. The molecule has 1 aliphatic rings. The van der Waals surface area contributed by atoms with Gasteiger partial charge in [0.15, 0.2) is 5.96 Å². The highest BCUT2D eigenvalue weighted by atomic mass is 16.5. The minimum Gasteiger partial charge on any atom is -0.494 e. The van der Waals surface area contributed by atoms with Gasteiger partial charge < -0.3 is 24.8 Å². The summed E-state index contributed by atoms with van der Waals surface area (Å²) in [5, 5.41) is 6.68. The Morgan fingerprint density at radius 1 is 1.15 bits per heavy atom. The third kappa shape index (κ3) is 9.11. The lowest BCUT2D eigenvalue weighted by molar-refractivity contribution is 0.0420. The van der Waals surface area contributed by atoms with Crippen LogP contribution in [0.5, 0.6) is 5.75 Å². The first-order valence-corrected chi connectivity index (χ1v) is 10.2. The van der Waals surface area contributed by atoms with Gasteiger partial charge >= 0.3 is 0 Å². The fraction of sp³-hybridized carbons (Fsp3) is 0.667. The molecule has 0 bridgehead atoms. The lowest BCUT2D eigenvalue weighted by atomic mass is 10.1. The summed E-state index contributed by atoms with van der Waals surface area (Å²) in [6.07, 6.45) is 5.45. The van der Waals surface area contributed by atoms with E-state index in [1.165, 1.54) is 5.56 Å². The van der Waals surface area contributed by atoms with Crippen LogP contribution < -0.4 is 15.4 Å². The average molecular weight is 378 g/mol. The lowest BCUT2D eigenvalue weighted by Crippen LogP contribution is -2.39. The molecule has 1 aromatic rings. The van der Waals surface area contributed by atoms with E-state index in [1.807, 2.05) is 12.1 Å². The summed E-state index contributed by atoms with van der Waals surface area (Å²) in [4.78, 5) is 4.26. The van der Waals surface area contributed by atoms with Crippen molar-refractivity contribution in [2.75, 3.05) is 46.6 Å². The maximum atomic E-state index is 5.76. The lowest BCUT2D eigenvalue weighted by Gasteiger charge is -2.13. The summed E-state index contributed by atoms with van der Waals surface area (Å²) in [7, 11) is 1.80. The number of rotatable bonds is 12. The second-order valence-electron chi connectivity index (χ2n) is 6.73. The van der Waals surface area contributed by atoms with E-state index < -0.39 is 0 Å². The van der Waals surface area contributed by atoms with Crippen molar-refractivity contribution in [2.24, 2.45) is 4.99 Å². The van der Waals surface area contributed by atoms with Crippen LogP contribution in [0.2, 0.25) is 0 Å². The van der Waals surface area contributed by atoms with E-state index in [0.717, 1.165) is 83.3 Å². The molecule has 1 aromatic carbocycles. The van der Waals surface area contributed by atoms with E-state index in [-0.39, 0.29) is 6.10 Å². The minimum atomic E-state index is 0.283. The third-order valence-electron chi connectivity index (χ3n) is 4.47. The van der Waals surface area contributed by atoms with Crippen LogP contribution in [0.25, 0.3) is 0 Å². The van der Waals surface area contributed by atoms with Crippen molar-refractivity contribution in [1.82, 2.24) is 10.6 Å². The van der Waals surface area contributed by atoms with Crippen LogP contribution >= 0.6 is 0 Å². The Bertz CT molecular complexity index is 528. The molecular weight excluding hydrogens is 342 g/mol. The fourth-order valence-electron chi connectivity index (χ4n) is 2.81. The Balaban J connectivity index is 1.54. The van der Waals surface area contributed by atoms with Crippen LogP contribution in [0.3, 0.4) is 0 Å². The Morgan fingerprint density at radius 2 is 1.96 bits per heavy atom. The molecule has 1 unspecified atom stereocenters. The largest absolute Gasteiger partial charge is 0.494 e. The highest BCUT2D eigenvalue weighted by Gasteiger charge is 2.15. The molecule has 152 valence electrons. The van der Waals surface area contributed by atoms with Gasteiger partial charge in [-0.15, -0.1) is 0 Å². The summed E-state index contributed by atoms with van der Waals surface area (Å²) in [5.41, 5.74) is 1.29. The molecule has 0 aliphatic carbocycles. The van der Waals surface area contributed by atoms with E-state index >= 15 is 0 Å². The Labute approximate surface area is 163 Å². The van der Waals surface area contributed by atoms with E-state index in [9.17, 15) is 0 Å². The second kappa shape index (κ2) is 13.4. The van der Waals surface area contributed by atoms with Gasteiger partial charge in [0.2, 0.25) is 0 Å². The number of aliphatic imine (C=N–C) groups is 1. The molecule has 1 fully saturated rings. The average Bonchev–Trinajstić information content (AvgIpc) is 3.21. The van der Waals surface area contributed by atoms with Crippen molar-refractivity contribution in [2.45, 2.75) is 45.1 Å². The molecule has 0 radical (unpaired) electrons. The van der Waals surface area contributed by atoms with Gasteiger partial charge in [0, 0.05) is 33.4 Å². The number of guanidine groups is 1. The van der Waals surface area contributed by atoms with Crippen molar-refractivity contribution >= 4 is 5.96 Å². The highest BCUT2D eigenvalue weighted by molar-refractivity contribution is 5.79. The molecule has 2 rings (SSSR count). The number of benzene rings is 1. The first-order valence-electron chi connectivity index (χ1n) is 10.2. The van der Waals surface area contributed by atoms with Gasteiger partial charge in [-0.1, -0.05) is 25.5 Å². The van der Waals surface area contributed by atoms with Gasteiger partial charge in [-0.3, -0.25) is 4.99 Å². The van der Waals surface area contributed by atoms with Crippen LogP contribution in [-0.2, 0) is 15.9 Å². The molecule has 6 nitrogen and oxygen atoms in total. The molecule has 1 saturated heterocycles. The predicted molar refractivity (Wildman–Crippen MR) is 110 cm³/mol. The van der Waals surface area contributed by atoms with E-state index in [2.05, 4.69) is 34.7 Å². The molecule has 2 N–H and O–H groups in total. The van der Waals surface area contributed by atoms with Crippen LogP contribution in [0, 0.1) is 0 Å². The maximum absolute atomic E-state index is 5.76. The van der Waals surface area contributed by atoms with Gasteiger partial charge in [0.25, 0.3) is 0 Å². The molecule has 0 amide bonds. The van der Waals surface area contributed by atoms with Crippen molar-refractivity contribution in [1.29, 1.82) is 0 Å². The number of nitrogens with one attached hydrogen (secondary N) is 2. The van der Waals surface area contributed by atoms with E-state index in [0.29, 0.717) is 0 Å². The molecule has 1 heterocycles. The number of ether oxygens (including phenoxy) is 3. The Morgan fingerprint density at radius 3 is 2.67 bits per heavy atom. The number of hydrogen-bond acceptors (Lipinski definition) is 4. The Hall–Kier alpha value is -1.79. The smallest absolute Gasteiger partial charge is 0.190 e. The zero-order chi connectivity index (χ0) is 19.2. The molecule has 6 heteroatoms. The van der Waals surface area contributed by atoms with Crippen LogP contribution in [-0.4, -0.2) is 58.6 Å². The molecule has 0 spiro atoms. The SMILES string of the molecule is CCCCOc1ccc(CCNC(=NC)NCCCOC2CCOC2)cc1. The summed E-state index contributed by atoms with van der Waals surface area (Å²) in [6, 6.07) is 8.35. The van der Waals surface area contributed by atoms with Crippen LogP contribution in [0.4, 0.5) is 0 Å².